The van der Waals surface area contributed by atoms with Gasteiger partial charge in [0.25, 0.3) is 0 Å². The van der Waals surface area contributed by atoms with E-state index >= 15 is 0 Å². The summed E-state index contributed by atoms with van der Waals surface area (Å²) >= 11 is 0. The van der Waals surface area contributed by atoms with Crippen molar-refractivity contribution in [2.24, 2.45) is 5.92 Å². The second kappa shape index (κ2) is 3.21. The molecule has 0 amide bonds. The van der Waals surface area contributed by atoms with E-state index in [0.717, 1.165) is 12.1 Å². The van der Waals surface area contributed by atoms with Gasteiger partial charge >= 0.3 is 0 Å². The maximum absolute atomic E-state index is 13.6. The molecule has 0 aromatic heterocycles. The lowest BCUT2D eigenvalue weighted by atomic mass is 9.86. The minimum Gasteiger partial charge on any atom is -0.297 e. The van der Waals surface area contributed by atoms with E-state index in [1.54, 1.807) is 0 Å². The largest absolute Gasteiger partial charge is 0.297 e. The normalized spacial score (nSPS) is 36.2. The van der Waals surface area contributed by atoms with Gasteiger partial charge in [-0.3, -0.25) is 4.84 Å². The molecule has 1 unspecified atom stereocenters. The highest BCUT2D eigenvalue weighted by Gasteiger charge is 2.62. The van der Waals surface area contributed by atoms with Gasteiger partial charge in [-0.05, 0) is 18.6 Å². The Labute approximate surface area is 90.4 Å². The predicted octanol–water partition coefficient (Wildman–Crippen LogP) is 2.05. The first-order valence-corrected chi connectivity index (χ1v) is 5.12. The second-order valence-corrected chi connectivity index (χ2v) is 4.30. The summed E-state index contributed by atoms with van der Waals surface area (Å²) in [5, 5.41) is 0. The van der Waals surface area contributed by atoms with Gasteiger partial charge in [0, 0.05) is 11.5 Å². The molecule has 1 N–H and O–H groups in total. The Morgan fingerprint density at radius 3 is 2.50 bits per heavy atom. The SMILES string of the molecule is FC[C@]1(c2c(F)cccc2F)NO[C@@H]2CC21. The van der Waals surface area contributed by atoms with Crippen LogP contribution in [-0.4, -0.2) is 12.8 Å². The molecule has 1 aromatic rings. The zero-order valence-electron chi connectivity index (χ0n) is 8.34. The summed E-state index contributed by atoms with van der Waals surface area (Å²) in [7, 11) is 0. The highest BCUT2D eigenvalue weighted by atomic mass is 19.1. The van der Waals surface area contributed by atoms with Crippen molar-refractivity contribution < 1.29 is 18.0 Å². The fourth-order valence-electron chi connectivity index (χ4n) is 2.43. The highest BCUT2D eigenvalue weighted by Crippen LogP contribution is 2.53. The topological polar surface area (TPSA) is 21.3 Å². The van der Waals surface area contributed by atoms with Gasteiger partial charge in [-0.25, -0.2) is 13.2 Å². The van der Waals surface area contributed by atoms with Crippen LogP contribution in [0.3, 0.4) is 0 Å². The van der Waals surface area contributed by atoms with Crippen molar-refractivity contribution in [3.05, 3.63) is 35.4 Å². The molecule has 1 saturated heterocycles. The minimum atomic E-state index is -1.35. The quantitative estimate of drug-likeness (QED) is 0.838. The summed E-state index contributed by atoms with van der Waals surface area (Å²) in [5.41, 5.74) is 0.867. The van der Waals surface area contributed by atoms with Crippen LogP contribution in [0.2, 0.25) is 0 Å². The summed E-state index contributed by atoms with van der Waals surface area (Å²) in [5.74, 6) is -1.65. The number of rotatable bonds is 2. The molecule has 3 atom stereocenters. The first kappa shape index (κ1) is 10.1. The molecular formula is C11H10F3NO. The van der Waals surface area contributed by atoms with Gasteiger partial charge in [-0.1, -0.05) is 6.07 Å². The predicted molar refractivity (Wildman–Crippen MR) is 50.1 cm³/mol. The minimum absolute atomic E-state index is 0.116. The molecule has 86 valence electrons. The van der Waals surface area contributed by atoms with E-state index in [1.165, 1.54) is 6.07 Å². The molecule has 5 heteroatoms. The Morgan fingerprint density at radius 1 is 1.38 bits per heavy atom. The molecule has 1 aliphatic carbocycles. The molecular weight excluding hydrogens is 219 g/mol. The molecule has 1 aliphatic heterocycles. The third-order valence-corrected chi connectivity index (χ3v) is 3.38. The number of hydroxylamine groups is 1. The molecule has 1 aromatic carbocycles. The number of hydrogen-bond donors (Lipinski definition) is 1. The van der Waals surface area contributed by atoms with E-state index in [1.807, 2.05) is 0 Å². The third-order valence-electron chi connectivity index (χ3n) is 3.38. The van der Waals surface area contributed by atoms with Crippen LogP contribution in [0.25, 0.3) is 0 Å². The van der Waals surface area contributed by atoms with Gasteiger partial charge in [0.1, 0.15) is 23.8 Å². The van der Waals surface area contributed by atoms with E-state index in [-0.39, 0.29) is 17.6 Å². The Kier molecular flexibility index (Phi) is 2.03. The lowest BCUT2D eigenvalue weighted by Crippen LogP contribution is -2.43. The zero-order chi connectivity index (χ0) is 11.3. The second-order valence-electron chi connectivity index (χ2n) is 4.30. The van der Waals surface area contributed by atoms with Crippen LogP contribution in [0.5, 0.6) is 0 Å². The lowest BCUT2D eigenvalue weighted by molar-refractivity contribution is 0.00598. The van der Waals surface area contributed by atoms with Crippen LogP contribution < -0.4 is 5.48 Å². The van der Waals surface area contributed by atoms with Crippen LogP contribution in [-0.2, 0) is 10.4 Å². The van der Waals surface area contributed by atoms with Crippen molar-refractivity contribution in [1.82, 2.24) is 5.48 Å². The summed E-state index contributed by atoms with van der Waals surface area (Å²) in [4.78, 5) is 5.07. The van der Waals surface area contributed by atoms with Gasteiger partial charge in [0.05, 0.1) is 6.10 Å². The van der Waals surface area contributed by atoms with Crippen LogP contribution in [0.1, 0.15) is 12.0 Å². The molecule has 16 heavy (non-hydrogen) atoms. The number of benzene rings is 1. The van der Waals surface area contributed by atoms with Gasteiger partial charge in [0.15, 0.2) is 0 Å². The highest BCUT2D eigenvalue weighted by molar-refractivity contribution is 5.33. The standard InChI is InChI=1S/C11H10F3NO/c12-5-11(6-4-9(6)16-15-11)10-7(13)2-1-3-8(10)14/h1-3,6,9,15H,4-5H2/t6?,9-,11+/m1/s1. The molecule has 0 bridgehead atoms. The molecule has 1 saturated carbocycles. The van der Waals surface area contributed by atoms with E-state index in [9.17, 15) is 13.2 Å². The number of fused-ring (bicyclic) bond motifs is 1. The van der Waals surface area contributed by atoms with E-state index < -0.39 is 23.8 Å². The lowest BCUT2D eigenvalue weighted by Gasteiger charge is -2.28. The number of nitrogens with one attached hydrogen (secondary N) is 1. The third kappa shape index (κ3) is 1.15. The summed E-state index contributed by atoms with van der Waals surface area (Å²) in [6.45, 7) is -0.883. The van der Waals surface area contributed by atoms with Crippen LogP contribution in [0, 0.1) is 17.6 Å². The molecule has 2 fully saturated rings. The Hall–Kier alpha value is -1.07. The van der Waals surface area contributed by atoms with Crippen molar-refractivity contribution in [2.45, 2.75) is 18.1 Å². The first-order valence-electron chi connectivity index (χ1n) is 5.12. The zero-order valence-corrected chi connectivity index (χ0v) is 8.34. The smallest absolute Gasteiger partial charge is 0.131 e. The first-order chi connectivity index (χ1) is 7.69. The number of halogens is 3. The fourth-order valence-corrected chi connectivity index (χ4v) is 2.43. The van der Waals surface area contributed by atoms with E-state index in [2.05, 4.69) is 5.48 Å². The van der Waals surface area contributed by atoms with Crippen LogP contribution in [0.4, 0.5) is 13.2 Å². The Morgan fingerprint density at radius 2 is 2.06 bits per heavy atom. The molecule has 1 heterocycles. The summed E-state index contributed by atoms with van der Waals surface area (Å²) < 4.78 is 40.4. The molecule has 2 aliphatic rings. The van der Waals surface area contributed by atoms with Gasteiger partial charge in [-0.15, -0.1) is 0 Å². The molecule has 0 spiro atoms. The van der Waals surface area contributed by atoms with Gasteiger partial charge in [0.2, 0.25) is 0 Å². The van der Waals surface area contributed by atoms with Crippen molar-refractivity contribution >= 4 is 0 Å². The van der Waals surface area contributed by atoms with Gasteiger partial charge in [-0.2, -0.15) is 5.48 Å². The van der Waals surface area contributed by atoms with E-state index in [4.69, 9.17) is 4.84 Å². The van der Waals surface area contributed by atoms with E-state index in [0.29, 0.717) is 6.42 Å². The van der Waals surface area contributed by atoms with Crippen molar-refractivity contribution in [3.8, 4) is 0 Å². The summed E-state index contributed by atoms with van der Waals surface area (Å²) in [6.07, 6.45) is 0.528. The van der Waals surface area contributed by atoms with Crippen LogP contribution in [0.15, 0.2) is 18.2 Å². The maximum Gasteiger partial charge on any atom is 0.131 e. The molecule has 0 radical (unpaired) electrons. The monoisotopic (exact) mass is 229 g/mol. The average Bonchev–Trinajstić information content (AvgIpc) is 2.96. The molecule has 2 nitrogen and oxygen atoms in total. The fraction of sp³-hybridized carbons (Fsp3) is 0.455. The average molecular weight is 229 g/mol. The Balaban J connectivity index is 2.13. The van der Waals surface area contributed by atoms with Crippen molar-refractivity contribution in [1.29, 1.82) is 0 Å². The van der Waals surface area contributed by atoms with Crippen molar-refractivity contribution in [3.63, 3.8) is 0 Å². The number of hydrogen-bond acceptors (Lipinski definition) is 2. The van der Waals surface area contributed by atoms with Gasteiger partial charge < -0.3 is 0 Å². The maximum atomic E-state index is 13.6. The van der Waals surface area contributed by atoms with Crippen molar-refractivity contribution in [2.75, 3.05) is 6.67 Å². The number of alkyl halides is 1. The Bertz CT molecular complexity index is 419. The molecule has 3 rings (SSSR count). The summed E-state index contributed by atoms with van der Waals surface area (Å²) in [6, 6.07) is 3.53. The van der Waals surface area contributed by atoms with Crippen LogP contribution >= 0.6 is 0 Å².